The van der Waals surface area contributed by atoms with Gasteiger partial charge in [-0.15, -0.1) is 0 Å². The number of hydrogen-bond acceptors (Lipinski definition) is 3. The normalized spacial score (nSPS) is 11.0. The van der Waals surface area contributed by atoms with Crippen molar-refractivity contribution < 1.29 is 9.90 Å². The number of nitrogens with one attached hydrogen (secondary N) is 1. The number of hydrogen-bond donors (Lipinski definition) is 2. The quantitative estimate of drug-likeness (QED) is 0.634. The smallest absolute Gasteiger partial charge is 0.240 e. The fraction of sp³-hybridized carbons (Fsp3) is 0.273. The lowest BCUT2D eigenvalue weighted by atomic mass is 10.1. The molecule has 146 valence electrons. The van der Waals surface area contributed by atoms with E-state index in [9.17, 15) is 4.79 Å². The van der Waals surface area contributed by atoms with E-state index < -0.39 is 0 Å². The van der Waals surface area contributed by atoms with Crippen LogP contribution in [0.5, 0.6) is 0 Å². The molecule has 0 atom stereocenters. The van der Waals surface area contributed by atoms with Crippen LogP contribution in [-0.4, -0.2) is 33.2 Å². The Morgan fingerprint density at radius 1 is 1.18 bits per heavy atom. The summed E-state index contributed by atoms with van der Waals surface area (Å²) in [5, 5.41) is 12.6. The first-order chi connectivity index (χ1) is 13.5. The zero-order valence-corrected chi connectivity index (χ0v) is 16.8. The fourth-order valence-corrected chi connectivity index (χ4v) is 3.22. The summed E-state index contributed by atoms with van der Waals surface area (Å²) in [6, 6.07) is 15.4. The van der Waals surface area contributed by atoms with Crippen molar-refractivity contribution in [2.75, 3.05) is 6.61 Å². The van der Waals surface area contributed by atoms with Gasteiger partial charge in [-0.3, -0.25) is 4.79 Å². The lowest BCUT2D eigenvalue weighted by molar-refractivity contribution is -0.122. The summed E-state index contributed by atoms with van der Waals surface area (Å²) in [6.45, 7) is 4.17. The van der Waals surface area contributed by atoms with Gasteiger partial charge >= 0.3 is 0 Å². The molecule has 2 aromatic carbocycles. The van der Waals surface area contributed by atoms with Gasteiger partial charge in [-0.05, 0) is 38.0 Å². The topological polar surface area (TPSA) is 67.2 Å². The standard InChI is InChI=1S/C22H24ClN3O2/c1-15(2)24-21(28)14-26-13-20(17-8-6-16(7-9-17)10-11-27)25-22(26)18-4-3-5-19(23)12-18/h3-9,12-13,15,27H,10-11,14H2,1-2H3,(H,24,28). The van der Waals surface area contributed by atoms with Crippen LogP contribution in [-0.2, 0) is 17.8 Å². The van der Waals surface area contributed by atoms with Crippen molar-refractivity contribution in [1.29, 1.82) is 0 Å². The predicted molar refractivity (Wildman–Crippen MR) is 112 cm³/mol. The lowest BCUT2D eigenvalue weighted by Crippen LogP contribution is -2.33. The highest BCUT2D eigenvalue weighted by molar-refractivity contribution is 6.30. The number of rotatable bonds is 7. The van der Waals surface area contributed by atoms with Crippen molar-refractivity contribution in [2.24, 2.45) is 0 Å². The van der Waals surface area contributed by atoms with E-state index in [0.29, 0.717) is 17.3 Å². The number of nitrogens with zero attached hydrogens (tertiary/aromatic N) is 2. The zero-order valence-electron chi connectivity index (χ0n) is 16.0. The van der Waals surface area contributed by atoms with Crippen LogP contribution in [0, 0.1) is 0 Å². The lowest BCUT2D eigenvalue weighted by Gasteiger charge is -2.11. The van der Waals surface area contributed by atoms with Crippen molar-refractivity contribution in [3.05, 3.63) is 65.3 Å². The van der Waals surface area contributed by atoms with Crippen LogP contribution in [0.15, 0.2) is 54.7 Å². The number of halogens is 1. The highest BCUT2D eigenvalue weighted by Gasteiger charge is 2.15. The van der Waals surface area contributed by atoms with Gasteiger partial charge < -0.3 is 15.0 Å². The van der Waals surface area contributed by atoms with Crippen molar-refractivity contribution >= 4 is 17.5 Å². The molecule has 0 aliphatic rings. The summed E-state index contributed by atoms with van der Waals surface area (Å²) in [5.74, 6) is 0.622. The first-order valence-corrected chi connectivity index (χ1v) is 9.66. The van der Waals surface area contributed by atoms with Gasteiger partial charge in [-0.25, -0.2) is 4.98 Å². The van der Waals surface area contributed by atoms with Crippen LogP contribution in [0.1, 0.15) is 19.4 Å². The molecule has 0 aliphatic heterocycles. The molecule has 1 amide bonds. The molecule has 6 heteroatoms. The number of aliphatic hydroxyl groups is 1. The number of imidazole rings is 1. The van der Waals surface area contributed by atoms with Crippen molar-refractivity contribution in [2.45, 2.75) is 32.9 Å². The minimum atomic E-state index is -0.0690. The molecule has 1 aromatic heterocycles. The van der Waals surface area contributed by atoms with Gasteiger partial charge in [-0.2, -0.15) is 0 Å². The van der Waals surface area contributed by atoms with Gasteiger partial charge in [0.05, 0.1) is 5.69 Å². The number of amides is 1. The van der Waals surface area contributed by atoms with Gasteiger partial charge in [0.25, 0.3) is 0 Å². The van der Waals surface area contributed by atoms with E-state index in [1.807, 2.05) is 73.1 Å². The second-order valence-electron chi connectivity index (χ2n) is 6.98. The van der Waals surface area contributed by atoms with Crippen LogP contribution < -0.4 is 5.32 Å². The summed E-state index contributed by atoms with van der Waals surface area (Å²) in [5.41, 5.74) is 3.65. The van der Waals surface area contributed by atoms with E-state index in [-0.39, 0.29) is 25.1 Å². The maximum Gasteiger partial charge on any atom is 0.240 e. The molecule has 2 N–H and O–H groups in total. The van der Waals surface area contributed by atoms with E-state index in [4.69, 9.17) is 21.7 Å². The fourth-order valence-electron chi connectivity index (χ4n) is 3.03. The van der Waals surface area contributed by atoms with Crippen molar-refractivity contribution in [1.82, 2.24) is 14.9 Å². The Balaban J connectivity index is 1.98. The minimum absolute atomic E-state index is 0.0690. The maximum atomic E-state index is 12.3. The van der Waals surface area contributed by atoms with E-state index in [1.54, 1.807) is 0 Å². The molecule has 0 unspecified atom stereocenters. The Bertz CT molecular complexity index is 949. The Kier molecular flexibility index (Phi) is 6.49. The number of carbonyl (C=O) groups is 1. The predicted octanol–water partition coefficient (Wildman–Crippen LogP) is 3.93. The van der Waals surface area contributed by atoms with Crippen molar-refractivity contribution in [3.63, 3.8) is 0 Å². The molecule has 5 nitrogen and oxygen atoms in total. The van der Waals surface area contributed by atoms with Gasteiger partial charge in [0, 0.05) is 35.0 Å². The first kappa shape index (κ1) is 20.1. The third kappa shape index (κ3) is 5.00. The van der Waals surface area contributed by atoms with Gasteiger partial charge in [0.15, 0.2) is 0 Å². The first-order valence-electron chi connectivity index (χ1n) is 9.29. The molecular weight excluding hydrogens is 374 g/mol. The number of aliphatic hydroxyl groups excluding tert-OH is 1. The Labute approximate surface area is 170 Å². The molecular formula is C22H24ClN3O2. The van der Waals surface area contributed by atoms with E-state index in [0.717, 1.165) is 22.4 Å². The largest absolute Gasteiger partial charge is 0.396 e. The summed E-state index contributed by atoms with van der Waals surface area (Å²) in [6.07, 6.45) is 2.51. The highest BCUT2D eigenvalue weighted by Crippen LogP contribution is 2.27. The van der Waals surface area contributed by atoms with E-state index in [1.165, 1.54) is 0 Å². The Hall–Kier alpha value is -2.63. The second-order valence-corrected chi connectivity index (χ2v) is 7.42. The molecule has 3 aromatic rings. The number of benzene rings is 2. The molecule has 1 heterocycles. The van der Waals surface area contributed by atoms with Crippen molar-refractivity contribution in [3.8, 4) is 22.6 Å². The van der Waals surface area contributed by atoms with Crippen LogP contribution >= 0.6 is 11.6 Å². The SMILES string of the molecule is CC(C)NC(=O)Cn1cc(-c2ccc(CCO)cc2)nc1-c1cccc(Cl)c1. The summed E-state index contributed by atoms with van der Waals surface area (Å²) in [7, 11) is 0. The molecule has 0 bridgehead atoms. The number of aromatic nitrogens is 2. The van der Waals surface area contributed by atoms with Gasteiger partial charge in [0.1, 0.15) is 12.4 Å². The molecule has 28 heavy (non-hydrogen) atoms. The maximum absolute atomic E-state index is 12.3. The minimum Gasteiger partial charge on any atom is -0.396 e. The summed E-state index contributed by atoms with van der Waals surface area (Å²) < 4.78 is 1.85. The zero-order chi connectivity index (χ0) is 20.1. The molecule has 3 rings (SSSR count). The van der Waals surface area contributed by atoms with Crippen LogP contribution in [0.2, 0.25) is 5.02 Å². The van der Waals surface area contributed by atoms with Crippen LogP contribution in [0.3, 0.4) is 0 Å². The molecule has 0 fully saturated rings. The summed E-state index contributed by atoms with van der Waals surface area (Å²) in [4.78, 5) is 17.1. The Morgan fingerprint density at radius 3 is 2.57 bits per heavy atom. The molecule has 0 saturated carbocycles. The summed E-state index contributed by atoms with van der Waals surface area (Å²) >= 11 is 6.16. The van der Waals surface area contributed by atoms with E-state index in [2.05, 4.69) is 5.32 Å². The Morgan fingerprint density at radius 2 is 1.93 bits per heavy atom. The van der Waals surface area contributed by atoms with Crippen LogP contribution in [0.25, 0.3) is 22.6 Å². The van der Waals surface area contributed by atoms with Gasteiger partial charge in [-0.1, -0.05) is 48.0 Å². The van der Waals surface area contributed by atoms with E-state index >= 15 is 0 Å². The van der Waals surface area contributed by atoms with Gasteiger partial charge in [0.2, 0.25) is 5.91 Å². The molecule has 0 saturated heterocycles. The third-order valence-corrected chi connectivity index (χ3v) is 4.51. The average molecular weight is 398 g/mol. The second kappa shape index (κ2) is 9.04. The molecule has 0 aliphatic carbocycles. The highest BCUT2D eigenvalue weighted by atomic mass is 35.5. The average Bonchev–Trinajstić information content (AvgIpc) is 3.05. The van der Waals surface area contributed by atoms with Crippen LogP contribution in [0.4, 0.5) is 0 Å². The molecule has 0 spiro atoms. The number of carbonyl (C=O) groups excluding carboxylic acids is 1. The monoisotopic (exact) mass is 397 g/mol. The third-order valence-electron chi connectivity index (χ3n) is 4.27. The molecule has 0 radical (unpaired) electrons.